The zero-order chi connectivity index (χ0) is 13.3. The summed E-state index contributed by atoms with van der Waals surface area (Å²) in [5.74, 6) is -0.772. The van der Waals surface area contributed by atoms with Gasteiger partial charge in [-0.25, -0.2) is 9.59 Å². The minimum Gasteiger partial charge on any atom is -0.466 e. The van der Waals surface area contributed by atoms with Gasteiger partial charge in [0, 0.05) is 11.6 Å². The monoisotopic (exact) mass is 238 g/mol. The lowest BCUT2D eigenvalue weighted by molar-refractivity contribution is -0.136. The molecule has 0 N–H and O–H groups in total. The topological polar surface area (TPSA) is 52.6 Å². The molecule has 0 fully saturated rings. The Morgan fingerprint density at radius 1 is 1.06 bits per heavy atom. The second kappa shape index (κ2) is 8.33. The average Bonchev–Trinajstić information content (AvgIpc) is 2.36. The number of rotatable bonds is 5. The van der Waals surface area contributed by atoms with Gasteiger partial charge in [0.15, 0.2) is 0 Å². The number of hydrogen-bond donors (Lipinski definition) is 0. The van der Waals surface area contributed by atoms with Crippen molar-refractivity contribution in [3.8, 4) is 0 Å². The quantitative estimate of drug-likeness (QED) is 0.418. The normalized spacial score (nSPS) is 12.7. The summed E-state index contributed by atoms with van der Waals surface area (Å²) in [4.78, 5) is 22.0. The molecule has 4 nitrogen and oxygen atoms in total. The third-order valence-electron chi connectivity index (χ3n) is 2.10. The molecule has 94 valence electrons. The van der Waals surface area contributed by atoms with Crippen LogP contribution in [0.15, 0.2) is 35.5 Å². The lowest BCUT2D eigenvalue weighted by Gasteiger charge is -1.98. The van der Waals surface area contributed by atoms with Crippen LogP contribution in [0.5, 0.6) is 0 Å². The first-order valence-electron chi connectivity index (χ1n) is 5.27. The van der Waals surface area contributed by atoms with Crippen molar-refractivity contribution in [2.45, 2.75) is 20.3 Å². The minimum atomic E-state index is -0.405. The van der Waals surface area contributed by atoms with E-state index in [0.717, 1.165) is 12.0 Å². The summed E-state index contributed by atoms with van der Waals surface area (Å²) in [5.41, 5.74) is 1.42. The Labute approximate surface area is 102 Å². The van der Waals surface area contributed by atoms with Crippen LogP contribution in [0.1, 0.15) is 20.3 Å². The maximum atomic E-state index is 11.1. The summed E-state index contributed by atoms with van der Waals surface area (Å²) in [5, 5.41) is 0. The molecular formula is C13H18O4. The predicted octanol–water partition coefficient (Wildman–Crippen LogP) is 2.17. The maximum Gasteiger partial charge on any atom is 0.333 e. The molecule has 0 aliphatic carbocycles. The van der Waals surface area contributed by atoms with Crippen LogP contribution in [-0.4, -0.2) is 26.2 Å². The van der Waals surface area contributed by atoms with Gasteiger partial charge in [0.1, 0.15) is 0 Å². The fourth-order valence-corrected chi connectivity index (χ4v) is 0.995. The van der Waals surface area contributed by atoms with E-state index in [-0.39, 0.29) is 5.97 Å². The fourth-order valence-electron chi connectivity index (χ4n) is 0.995. The summed E-state index contributed by atoms with van der Waals surface area (Å²) >= 11 is 0. The molecule has 0 saturated carbocycles. The standard InChI is InChI=1S/C13H18O4/c1-5-11(8-9-12(14)16-3)7-6-10(2)13(15)17-4/h6-9H,5H2,1-4H3/b9-8+,10-6+,11-7+. The summed E-state index contributed by atoms with van der Waals surface area (Å²) < 4.78 is 9.05. The molecule has 0 aromatic heterocycles. The molecule has 4 heteroatoms. The minimum absolute atomic E-state index is 0.367. The summed E-state index contributed by atoms with van der Waals surface area (Å²) in [6.45, 7) is 3.62. The molecule has 0 aliphatic heterocycles. The first kappa shape index (κ1) is 15.2. The molecule has 0 saturated heterocycles. The number of hydrogen-bond acceptors (Lipinski definition) is 4. The molecule has 0 spiro atoms. The van der Waals surface area contributed by atoms with Crippen molar-refractivity contribution in [2.75, 3.05) is 14.2 Å². The van der Waals surface area contributed by atoms with Crippen molar-refractivity contribution < 1.29 is 19.1 Å². The number of carbonyl (C=O) groups is 2. The molecule has 17 heavy (non-hydrogen) atoms. The van der Waals surface area contributed by atoms with Crippen LogP contribution in [0.4, 0.5) is 0 Å². The lowest BCUT2D eigenvalue weighted by atomic mass is 10.1. The van der Waals surface area contributed by atoms with Gasteiger partial charge < -0.3 is 9.47 Å². The Balaban J connectivity index is 4.72. The van der Waals surface area contributed by atoms with E-state index in [1.165, 1.54) is 20.3 Å². The number of allylic oxidation sites excluding steroid dienone is 4. The van der Waals surface area contributed by atoms with Crippen LogP contribution in [0.2, 0.25) is 0 Å². The number of esters is 2. The second-order valence-electron chi connectivity index (χ2n) is 3.29. The molecule has 0 atom stereocenters. The highest BCUT2D eigenvalue weighted by Crippen LogP contribution is 2.05. The van der Waals surface area contributed by atoms with Gasteiger partial charge in [-0.2, -0.15) is 0 Å². The van der Waals surface area contributed by atoms with Gasteiger partial charge in [-0.05, 0) is 18.9 Å². The van der Waals surface area contributed by atoms with E-state index in [0.29, 0.717) is 5.57 Å². The number of methoxy groups -OCH3 is 2. The van der Waals surface area contributed by atoms with Gasteiger partial charge in [-0.15, -0.1) is 0 Å². The third kappa shape index (κ3) is 6.35. The molecule has 0 aromatic rings. The molecule has 0 aromatic carbocycles. The molecular weight excluding hydrogens is 220 g/mol. The van der Waals surface area contributed by atoms with E-state index < -0.39 is 5.97 Å². The molecule has 0 unspecified atom stereocenters. The van der Waals surface area contributed by atoms with Crippen LogP contribution >= 0.6 is 0 Å². The van der Waals surface area contributed by atoms with Gasteiger partial charge in [0.2, 0.25) is 0 Å². The van der Waals surface area contributed by atoms with Crippen molar-refractivity contribution in [2.24, 2.45) is 0 Å². The highest BCUT2D eigenvalue weighted by molar-refractivity contribution is 5.88. The van der Waals surface area contributed by atoms with E-state index >= 15 is 0 Å². The zero-order valence-electron chi connectivity index (χ0n) is 10.6. The van der Waals surface area contributed by atoms with Crippen LogP contribution in [0.25, 0.3) is 0 Å². The molecule has 0 rings (SSSR count). The van der Waals surface area contributed by atoms with Gasteiger partial charge in [0.05, 0.1) is 14.2 Å². The summed E-state index contributed by atoms with van der Waals surface area (Å²) in [6.07, 6.45) is 7.18. The highest BCUT2D eigenvalue weighted by Gasteiger charge is 2.00. The van der Waals surface area contributed by atoms with Crippen LogP contribution in [-0.2, 0) is 19.1 Å². The molecule has 0 aliphatic rings. The number of ether oxygens (including phenoxy) is 2. The zero-order valence-corrected chi connectivity index (χ0v) is 10.6. The Kier molecular flexibility index (Phi) is 7.43. The van der Waals surface area contributed by atoms with E-state index in [1.54, 1.807) is 25.2 Å². The van der Waals surface area contributed by atoms with Crippen LogP contribution in [0, 0.1) is 0 Å². The van der Waals surface area contributed by atoms with Crippen molar-refractivity contribution in [3.05, 3.63) is 35.5 Å². The van der Waals surface area contributed by atoms with E-state index in [2.05, 4.69) is 9.47 Å². The first-order chi connectivity index (χ1) is 8.04. The molecule has 0 amide bonds. The van der Waals surface area contributed by atoms with E-state index in [4.69, 9.17) is 0 Å². The first-order valence-corrected chi connectivity index (χ1v) is 5.27. The smallest absolute Gasteiger partial charge is 0.333 e. The molecule has 0 heterocycles. The lowest BCUT2D eigenvalue weighted by Crippen LogP contribution is -2.00. The van der Waals surface area contributed by atoms with E-state index in [1.807, 2.05) is 6.92 Å². The molecule has 0 radical (unpaired) electrons. The Morgan fingerprint density at radius 3 is 2.18 bits per heavy atom. The number of carbonyl (C=O) groups excluding carboxylic acids is 2. The Hall–Kier alpha value is -1.84. The van der Waals surface area contributed by atoms with Gasteiger partial charge >= 0.3 is 11.9 Å². The van der Waals surface area contributed by atoms with Crippen LogP contribution < -0.4 is 0 Å². The average molecular weight is 238 g/mol. The van der Waals surface area contributed by atoms with E-state index in [9.17, 15) is 9.59 Å². The van der Waals surface area contributed by atoms with Gasteiger partial charge in [0.25, 0.3) is 0 Å². The predicted molar refractivity (Wildman–Crippen MR) is 65.3 cm³/mol. The maximum absolute atomic E-state index is 11.1. The fraction of sp³-hybridized carbons (Fsp3) is 0.385. The van der Waals surface area contributed by atoms with Crippen LogP contribution in [0.3, 0.4) is 0 Å². The summed E-state index contributed by atoms with van der Waals surface area (Å²) in [6, 6.07) is 0. The van der Waals surface area contributed by atoms with Gasteiger partial charge in [-0.3, -0.25) is 0 Å². The van der Waals surface area contributed by atoms with Crippen molar-refractivity contribution in [3.63, 3.8) is 0 Å². The van der Waals surface area contributed by atoms with Crippen molar-refractivity contribution >= 4 is 11.9 Å². The SMILES string of the molecule is CCC(/C=C/C(=O)OC)=C\C=C(/C)C(=O)OC. The molecule has 0 bridgehead atoms. The highest BCUT2D eigenvalue weighted by atomic mass is 16.5. The Morgan fingerprint density at radius 2 is 1.71 bits per heavy atom. The summed E-state index contributed by atoms with van der Waals surface area (Å²) in [7, 11) is 2.66. The second-order valence-corrected chi connectivity index (χ2v) is 3.29. The van der Waals surface area contributed by atoms with Gasteiger partial charge in [-0.1, -0.05) is 25.2 Å². The third-order valence-corrected chi connectivity index (χ3v) is 2.10. The largest absolute Gasteiger partial charge is 0.466 e. The van der Waals surface area contributed by atoms with Crippen molar-refractivity contribution in [1.82, 2.24) is 0 Å². The Bertz CT molecular complexity index is 362. The van der Waals surface area contributed by atoms with Crippen molar-refractivity contribution in [1.29, 1.82) is 0 Å².